The fraction of sp³-hybridized carbons (Fsp3) is 0.792. The van der Waals surface area contributed by atoms with Crippen LogP contribution in [0.5, 0.6) is 0 Å². The summed E-state index contributed by atoms with van der Waals surface area (Å²) in [5.41, 5.74) is 4.59. The molecular weight excluding hydrogens is 704 g/mol. The minimum atomic E-state index is -5.71. The molecule has 48 heavy (non-hydrogen) atoms. The van der Waals surface area contributed by atoms with Gasteiger partial charge in [0.05, 0.1) is 19.9 Å². The Balaban J connectivity index is 0.000000687. The molecule has 2 aromatic rings. The summed E-state index contributed by atoms with van der Waals surface area (Å²) in [5, 5.41) is 21.5. The largest absolute Gasteiger partial charge is 0.756 e. The number of nitrogens with two attached hydrogens (primary N) is 1. The lowest BCUT2D eigenvalue weighted by Gasteiger charge is -2.30. The highest BCUT2D eigenvalue weighted by atomic mass is 32.2. The Labute approximate surface area is 279 Å². The molecule has 0 bridgehead atoms. The van der Waals surface area contributed by atoms with Crippen molar-refractivity contribution < 1.29 is 64.8 Å². The van der Waals surface area contributed by atoms with Gasteiger partial charge in [-0.2, -0.15) is 8.42 Å². The van der Waals surface area contributed by atoms with Crippen molar-refractivity contribution in [1.82, 2.24) is 24.3 Å². The number of aliphatic hydroxyl groups excluding tert-OH is 1. The number of phosphoric acid groups is 2. The molecule has 0 amide bonds. The number of hydrogen-bond acceptors (Lipinski definition) is 16. The number of hydrogen-bond donors (Lipinski definition) is 6. The summed E-state index contributed by atoms with van der Waals surface area (Å²) in [6.45, 7) is 18.9. The van der Waals surface area contributed by atoms with Crippen molar-refractivity contribution >= 4 is 42.9 Å². The predicted molar refractivity (Wildman–Crippen MR) is 170 cm³/mol. The molecule has 0 saturated carbocycles. The third kappa shape index (κ3) is 12.8. The maximum Gasteiger partial charge on any atom is 0.476 e. The average Bonchev–Trinajstić information content (AvgIpc) is 3.40. The predicted octanol–water partition coefficient (Wildman–Crippen LogP) is -1.66. The second-order valence-corrected chi connectivity index (χ2v) is 14.7. The summed E-state index contributed by atoms with van der Waals surface area (Å²) in [7, 11) is -14.4. The molecule has 0 aromatic carbocycles. The third-order valence-electron chi connectivity index (χ3n) is 7.08. The molecule has 1 saturated heterocycles. The summed E-state index contributed by atoms with van der Waals surface area (Å²) in [6.07, 6.45) is -4.47. The molecule has 0 radical (unpaired) electrons. The molecule has 1 aliphatic heterocycles. The fourth-order valence-electron chi connectivity index (χ4n) is 4.57. The first-order valence-electron chi connectivity index (χ1n) is 14.9. The fourth-order valence-corrected chi connectivity index (χ4v) is 6.81. The summed E-state index contributed by atoms with van der Waals surface area (Å²) < 4.78 is 65.7. The van der Waals surface area contributed by atoms with Gasteiger partial charge in [-0.3, -0.25) is 18.9 Å². The van der Waals surface area contributed by atoms with Crippen molar-refractivity contribution in [3.05, 3.63) is 16.7 Å². The third-order valence-corrected chi connectivity index (χ3v) is 9.77. The number of H-pyrrole nitrogens is 1. The van der Waals surface area contributed by atoms with Crippen LogP contribution in [0.4, 0.5) is 5.95 Å². The molecule has 2 aromatic heterocycles. The summed E-state index contributed by atoms with van der Waals surface area (Å²) in [4.78, 5) is 52.0. The van der Waals surface area contributed by atoms with E-state index in [4.69, 9.17) is 20.3 Å². The van der Waals surface area contributed by atoms with E-state index in [0.717, 1.165) is 4.57 Å². The zero-order chi connectivity index (χ0) is 37.3. The first kappa shape index (κ1) is 44.1. The summed E-state index contributed by atoms with van der Waals surface area (Å²) in [6, 6.07) is 0. The first-order valence-corrected chi connectivity index (χ1v) is 19.7. The molecule has 1 unspecified atom stereocenters. The smallest absolute Gasteiger partial charge is 0.476 e. The van der Waals surface area contributed by atoms with Gasteiger partial charge in [0, 0.05) is 0 Å². The molecule has 5 atom stereocenters. The van der Waals surface area contributed by atoms with E-state index < -0.39 is 62.2 Å². The number of anilines is 1. The standard InChI is InChI=1S/C12H19N5O14P2S.2C6H15N/c1-16-4-17(8-6(16)9(19)15-11(13)14-8)10-7(18)12(20,30-34(2,26)27)5(29-10)3-28-33(24,25)31-32(21,22)23;2*1-4-7(5-2)6-3/h4-5,7,10,18,20H,3H2,1-2H3,(H5-,13,14,15,19,21,22,23,24,25);2*4-6H2,1-3H3/t5-,7+,10-,12+;;/m1../s1. The van der Waals surface area contributed by atoms with Gasteiger partial charge in [-0.05, 0) is 39.3 Å². The highest BCUT2D eigenvalue weighted by Gasteiger charge is 2.61. The molecule has 24 heteroatoms. The van der Waals surface area contributed by atoms with Gasteiger partial charge in [0.15, 0.2) is 12.4 Å². The van der Waals surface area contributed by atoms with E-state index >= 15 is 0 Å². The Kier molecular flexibility index (Phi) is 16.9. The van der Waals surface area contributed by atoms with Gasteiger partial charge in [-0.15, -0.1) is 0 Å². The van der Waals surface area contributed by atoms with Crippen LogP contribution >= 0.6 is 15.6 Å². The van der Waals surface area contributed by atoms with Crippen molar-refractivity contribution in [1.29, 1.82) is 0 Å². The number of fused-ring (bicyclic) bond motifs is 1. The lowest BCUT2D eigenvalue weighted by Crippen LogP contribution is -2.55. The second-order valence-electron chi connectivity index (χ2n) is 10.3. The number of aliphatic hydroxyl groups is 2. The Bertz CT molecular complexity index is 1560. The maximum absolute atomic E-state index is 12.2. The average molecular weight is 754 g/mol. The number of aryl methyl sites for hydroxylation is 1. The monoisotopic (exact) mass is 753 g/mol. The van der Waals surface area contributed by atoms with E-state index in [-0.39, 0.29) is 17.1 Å². The number of nitrogens with one attached hydrogen (secondary N) is 1. The number of phosphoric ester groups is 1. The molecule has 1 fully saturated rings. The lowest BCUT2D eigenvalue weighted by molar-refractivity contribution is -0.746. The molecule has 7 N–H and O–H groups in total. The normalized spacial score (nSPS) is 22.7. The molecule has 0 spiro atoms. The molecule has 1 aliphatic rings. The van der Waals surface area contributed by atoms with Crippen LogP contribution in [-0.2, 0) is 44.1 Å². The Hall–Kier alpha value is -1.88. The second kappa shape index (κ2) is 18.4. The van der Waals surface area contributed by atoms with Crippen LogP contribution in [0.2, 0.25) is 0 Å². The lowest BCUT2D eigenvalue weighted by atomic mass is 10.1. The van der Waals surface area contributed by atoms with Crippen molar-refractivity contribution in [2.24, 2.45) is 7.05 Å². The van der Waals surface area contributed by atoms with E-state index in [1.54, 1.807) is 0 Å². The Morgan fingerprint density at radius 2 is 1.58 bits per heavy atom. The van der Waals surface area contributed by atoms with Crippen molar-refractivity contribution in [3.8, 4) is 0 Å². The molecule has 3 heterocycles. The van der Waals surface area contributed by atoms with Gasteiger partial charge < -0.3 is 49.7 Å². The quantitative estimate of drug-likeness (QED) is 0.0545. The van der Waals surface area contributed by atoms with E-state index in [0.29, 0.717) is 6.26 Å². The van der Waals surface area contributed by atoms with Crippen molar-refractivity contribution in [3.63, 3.8) is 0 Å². The van der Waals surface area contributed by atoms with Crippen molar-refractivity contribution in [2.75, 3.05) is 57.9 Å². The number of aromatic amines is 1. The van der Waals surface area contributed by atoms with Gasteiger partial charge in [0.2, 0.25) is 17.5 Å². The Morgan fingerprint density at radius 3 is 1.98 bits per heavy atom. The molecule has 280 valence electrons. The first-order chi connectivity index (χ1) is 22.0. The number of ether oxygens (including phenoxy) is 1. The molecular formula is C24H49N7O14P2S. The maximum atomic E-state index is 12.2. The number of rotatable bonds is 14. The molecule has 3 rings (SSSR count). The zero-order valence-corrected chi connectivity index (χ0v) is 30.9. The number of nitrogen functional groups attached to an aromatic ring is 1. The summed E-state index contributed by atoms with van der Waals surface area (Å²) >= 11 is 0. The number of nitrogens with zero attached hydrogens (tertiary/aromatic N) is 5. The highest BCUT2D eigenvalue weighted by Crippen LogP contribution is 2.55. The van der Waals surface area contributed by atoms with Gasteiger partial charge in [0.1, 0.15) is 6.10 Å². The van der Waals surface area contributed by atoms with Crippen LogP contribution in [0.3, 0.4) is 0 Å². The number of aromatic nitrogens is 4. The highest BCUT2D eigenvalue weighted by molar-refractivity contribution is 7.86. The topological polar surface area (TPSA) is 296 Å². The minimum Gasteiger partial charge on any atom is -0.756 e. The SMILES string of the molecule is CCN(CC)CC.CCN(CC)CC.Cn1c[n+]([C@@H]2O[C@H](COP(=O)([O-])OP(=O)(O)O)[C@](O)(OS(C)(=O)=O)[C@H]2O)c2nc(N)[nH]c(=O)c21. The zero-order valence-electron chi connectivity index (χ0n) is 28.2. The van der Waals surface area contributed by atoms with Crippen LogP contribution in [-0.4, -0.2) is 123 Å². The Morgan fingerprint density at radius 1 is 1.10 bits per heavy atom. The van der Waals surface area contributed by atoms with Crippen LogP contribution in [0.1, 0.15) is 47.8 Å². The van der Waals surface area contributed by atoms with Crippen LogP contribution in [0.25, 0.3) is 11.2 Å². The summed E-state index contributed by atoms with van der Waals surface area (Å²) in [5.74, 6) is -3.52. The molecule has 21 nitrogen and oxygen atoms in total. The van der Waals surface area contributed by atoms with E-state index in [1.807, 2.05) is 0 Å². The molecule has 0 aliphatic carbocycles. The van der Waals surface area contributed by atoms with Crippen LogP contribution < -0.4 is 20.8 Å². The van der Waals surface area contributed by atoms with Crippen molar-refractivity contribution in [2.45, 2.75) is 65.8 Å². The number of imidazole rings is 1. The van der Waals surface area contributed by atoms with E-state index in [2.05, 4.69) is 74.3 Å². The van der Waals surface area contributed by atoms with Gasteiger partial charge in [-0.1, -0.05) is 46.5 Å². The van der Waals surface area contributed by atoms with E-state index in [1.165, 1.54) is 57.2 Å². The van der Waals surface area contributed by atoms with Gasteiger partial charge in [0.25, 0.3) is 29.4 Å². The van der Waals surface area contributed by atoms with Crippen LogP contribution in [0, 0.1) is 0 Å². The van der Waals surface area contributed by atoms with Crippen LogP contribution in [0.15, 0.2) is 11.1 Å². The minimum absolute atomic E-state index is 0.0728. The van der Waals surface area contributed by atoms with E-state index in [9.17, 15) is 37.4 Å². The van der Waals surface area contributed by atoms with Gasteiger partial charge >= 0.3 is 13.5 Å². The van der Waals surface area contributed by atoms with Gasteiger partial charge in [-0.25, -0.2) is 17.6 Å².